The normalized spacial score (nSPS) is 10.0. The zero-order valence-corrected chi connectivity index (χ0v) is 17.5. The number of carbonyl (C=O) groups excluding carboxylic acids is 4. The first-order valence-corrected chi connectivity index (χ1v) is 9.70. The lowest BCUT2D eigenvalue weighted by atomic mass is 10.2. The van der Waals surface area contributed by atoms with Gasteiger partial charge in [0.15, 0.2) is 6.61 Å². The minimum absolute atomic E-state index is 0.0225. The molecule has 0 atom stereocenters. The van der Waals surface area contributed by atoms with Gasteiger partial charge in [-0.25, -0.2) is 0 Å². The Bertz CT molecular complexity index is 950. The predicted molar refractivity (Wildman–Crippen MR) is 113 cm³/mol. The fourth-order valence-electron chi connectivity index (χ4n) is 2.45. The van der Waals surface area contributed by atoms with Crippen LogP contribution in [0.5, 0.6) is 5.75 Å². The maximum absolute atomic E-state index is 11.9. The summed E-state index contributed by atoms with van der Waals surface area (Å²) in [6.45, 7) is -0.461. The number of hydrogen-bond acceptors (Lipinski definition) is 6. The van der Waals surface area contributed by atoms with E-state index in [1.165, 1.54) is 13.2 Å². The third-order valence-electron chi connectivity index (χ3n) is 3.96. The monoisotopic (exact) mass is 447 g/mol. The van der Waals surface area contributed by atoms with E-state index < -0.39 is 30.3 Å². The maximum Gasteiger partial charge on any atom is 0.306 e. The minimum atomic E-state index is -0.622. The number of anilines is 1. The zero-order chi connectivity index (χ0) is 22.6. The Balaban J connectivity index is 1.63. The van der Waals surface area contributed by atoms with Crippen LogP contribution in [-0.2, 0) is 19.1 Å². The molecule has 0 aliphatic carbocycles. The molecule has 2 aromatic carbocycles. The van der Waals surface area contributed by atoms with Gasteiger partial charge in [-0.2, -0.15) is 0 Å². The van der Waals surface area contributed by atoms with E-state index in [1.54, 1.807) is 42.5 Å². The van der Waals surface area contributed by atoms with E-state index in [9.17, 15) is 19.2 Å². The molecule has 3 N–H and O–H groups in total. The van der Waals surface area contributed by atoms with E-state index in [0.717, 1.165) is 0 Å². The Labute approximate surface area is 184 Å². The van der Waals surface area contributed by atoms with Crippen LogP contribution in [0.4, 0.5) is 5.69 Å². The molecule has 0 radical (unpaired) electrons. The molecule has 0 aliphatic heterocycles. The number of ether oxygens (including phenoxy) is 2. The van der Waals surface area contributed by atoms with E-state index in [4.69, 9.17) is 21.1 Å². The molecule has 31 heavy (non-hydrogen) atoms. The highest BCUT2D eigenvalue weighted by Gasteiger charge is 2.13. The number of amides is 3. The second kappa shape index (κ2) is 12.2. The molecular formula is C21H22ClN3O6. The van der Waals surface area contributed by atoms with Crippen molar-refractivity contribution in [3.63, 3.8) is 0 Å². The smallest absolute Gasteiger partial charge is 0.306 e. The highest BCUT2D eigenvalue weighted by molar-refractivity contribution is 6.33. The number of methoxy groups -OCH3 is 1. The van der Waals surface area contributed by atoms with E-state index in [1.807, 2.05) is 0 Å². The van der Waals surface area contributed by atoms with Gasteiger partial charge in [0.05, 0.1) is 23.4 Å². The van der Waals surface area contributed by atoms with E-state index in [-0.39, 0.29) is 29.8 Å². The predicted octanol–water partition coefficient (Wildman–Crippen LogP) is 2.46. The molecule has 0 bridgehead atoms. The lowest BCUT2D eigenvalue weighted by molar-refractivity contribution is -0.147. The van der Waals surface area contributed by atoms with Gasteiger partial charge < -0.3 is 14.8 Å². The van der Waals surface area contributed by atoms with Crippen molar-refractivity contribution in [1.82, 2.24) is 10.9 Å². The molecular weight excluding hydrogens is 426 g/mol. The first-order chi connectivity index (χ1) is 14.9. The lowest BCUT2D eigenvalue weighted by Gasteiger charge is -2.10. The van der Waals surface area contributed by atoms with E-state index in [2.05, 4.69) is 16.2 Å². The lowest BCUT2D eigenvalue weighted by Crippen LogP contribution is -2.41. The van der Waals surface area contributed by atoms with Crippen molar-refractivity contribution in [3.8, 4) is 5.75 Å². The van der Waals surface area contributed by atoms with Crippen molar-refractivity contribution in [2.24, 2.45) is 0 Å². The second-order valence-corrected chi connectivity index (χ2v) is 6.65. The summed E-state index contributed by atoms with van der Waals surface area (Å²) in [7, 11) is 1.48. The van der Waals surface area contributed by atoms with E-state index >= 15 is 0 Å². The summed E-state index contributed by atoms with van der Waals surface area (Å²) in [5.41, 5.74) is 5.17. The average molecular weight is 448 g/mol. The van der Waals surface area contributed by atoms with Crippen LogP contribution in [0.15, 0.2) is 48.5 Å². The molecule has 0 saturated carbocycles. The van der Waals surface area contributed by atoms with Gasteiger partial charge in [-0.05, 0) is 30.7 Å². The number of halogens is 1. The van der Waals surface area contributed by atoms with Crippen LogP contribution in [0.2, 0.25) is 5.02 Å². The number of hydrogen-bond donors (Lipinski definition) is 3. The Morgan fingerprint density at radius 1 is 0.903 bits per heavy atom. The molecule has 164 valence electrons. The highest BCUT2D eigenvalue weighted by atomic mass is 35.5. The maximum atomic E-state index is 11.9. The Kier molecular flexibility index (Phi) is 9.31. The van der Waals surface area contributed by atoms with Gasteiger partial charge in [-0.15, -0.1) is 0 Å². The van der Waals surface area contributed by atoms with Crippen molar-refractivity contribution in [3.05, 3.63) is 59.1 Å². The zero-order valence-electron chi connectivity index (χ0n) is 16.8. The third kappa shape index (κ3) is 7.98. The van der Waals surface area contributed by atoms with Crippen LogP contribution >= 0.6 is 11.6 Å². The van der Waals surface area contributed by atoms with Gasteiger partial charge >= 0.3 is 5.97 Å². The summed E-state index contributed by atoms with van der Waals surface area (Å²) >= 11 is 5.91. The van der Waals surface area contributed by atoms with Crippen LogP contribution in [-0.4, -0.2) is 37.4 Å². The fourth-order valence-corrected chi connectivity index (χ4v) is 2.67. The minimum Gasteiger partial charge on any atom is -0.495 e. The molecule has 2 rings (SSSR count). The first kappa shape index (κ1) is 23.7. The van der Waals surface area contributed by atoms with Crippen molar-refractivity contribution in [2.45, 2.75) is 19.3 Å². The number of rotatable bonds is 9. The molecule has 3 amide bonds. The van der Waals surface area contributed by atoms with Crippen LogP contribution in [0.1, 0.15) is 29.6 Å². The van der Waals surface area contributed by atoms with Crippen LogP contribution in [0.25, 0.3) is 0 Å². The Hall–Kier alpha value is -3.59. The quantitative estimate of drug-likeness (QED) is 0.401. The van der Waals surface area contributed by atoms with Gasteiger partial charge in [-0.1, -0.05) is 35.9 Å². The van der Waals surface area contributed by atoms with Gasteiger partial charge in [-0.3, -0.25) is 30.0 Å². The van der Waals surface area contributed by atoms with Gasteiger partial charge in [0.1, 0.15) is 5.75 Å². The van der Waals surface area contributed by atoms with Gasteiger partial charge in [0.25, 0.3) is 11.8 Å². The number of benzene rings is 2. The highest BCUT2D eigenvalue weighted by Crippen LogP contribution is 2.22. The average Bonchev–Trinajstić information content (AvgIpc) is 2.76. The molecule has 0 unspecified atom stereocenters. The van der Waals surface area contributed by atoms with Crippen LogP contribution in [0, 0.1) is 0 Å². The second-order valence-electron chi connectivity index (χ2n) is 6.24. The fraction of sp³-hybridized carbons (Fsp3) is 0.238. The molecule has 2 aromatic rings. The number of carbonyl (C=O) groups is 4. The van der Waals surface area contributed by atoms with Crippen molar-refractivity contribution < 1.29 is 28.7 Å². The molecule has 0 heterocycles. The molecule has 10 heteroatoms. The number of nitrogens with one attached hydrogen (secondary N) is 3. The number of para-hydroxylation sites is 2. The standard InChI is InChI=1S/C21H22ClN3O6/c1-30-17-10-5-4-9-16(17)23-19(27)13-31-20(28)12-6-11-18(26)24-25-21(29)14-7-2-3-8-15(14)22/h2-5,7-10H,6,11-13H2,1H3,(H,23,27)(H,24,26)(H,25,29). The molecule has 0 saturated heterocycles. The van der Waals surface area contributed by atoms with Crippen LogP contribution in [0.3, 0.4) is 0 Å². The summed E-state index contributed by atoms with van der Waals surface area (Å²) in [6.07, 6.45) is 0.0971. The molecule has 9 nitrogen and oxygen atoms in total. The SMILES string of the molecule is COc1ccccc1NC(=O)COC(=O)CCCC(=O)NNC(=O)c1ccccc1Cl. The van der Waals surface area contributed by atoms with Crippen molar-refractivity contribution in [2.75, 3.05) is 19.0 Å². The summed E-state index contributed by atoms with van der Waals surface area (Å²) in [5, 5.41) is 2.84. The number of hydrazine groups is 1. The molecule has 0 fully saturated rings. The van der Waals surface area contributed by atoms with E-state index in [0.29, 0.717) is 11.4 Å². The topological polar surface area (TPSA) is 123 Å². The summed E-state index contributed by atoms with van der Waals surface area (Å²) < 4.78 is 10.0. The Morgan fingerprint density at radius 2 is 1.61 bits per heavy atom. The van der Waals surface area contributed by atoms with Crippen molar-refractivity contribution >= 4 is 41.0 Å². The molecule has 0 aromatic heterocycles. The first-order valence-electron chi connectivity index (χ1n) is 9.33. The summed E-state index contributed by atoms with van der Waals surface area (Å²) in [5.74, 6) is -1.70. The summed E-state index contributed by atoms with van der Waals surface area (Å²) in [6, 6.07) is 13.2. The third-order valence-corrected chi connectivity index (χ3v) is 4.29. The Morgan fingerprint density at radius 3 is 2.35 bits per heavy atom. The van der Waals surface area contributed by atoms with Gasteiger partial charge in [0, 0.05) is 12.8 Å². The molecule has 0 spiro atoms. The number of esters is 1. The van der Waals surface area contributed by atoms with Crippen molar-refractivity contribution in [1.29, 1.82) is 0 Å². The van der Waals surface area contributed by atoms with Gasteiger partial charge in [0.2, 0.25) is 5.91 Å². The van der Waals surface area contributed by atoms with Crippen LogP contribution < -0.4 is 20.9 Å². The molecule has 0 aliphatic rings. The largest absolute Gasteiger partial charge is 0.495 e. The summed E-state index contributed by atoms with van der Waals surface area (Å²) in [4.78, 5) is 47.4.